The topological polar surface area (TPSA) is 138 Å². The molecule has 1 aromatic carbocycles. The minimum absolute atomic E-state index is 0.00184. The molecule has 206 valence electrons. The lowest BCUT2D eigenvalue weighted by atomic mass is 9.89. The molecule has 38 heavy (non-hydrogen) atoms. The molecule has 1 aliphatic rings. The largest absolute Gasteiger partial charge is 0.343 e. The quantitative estimate of drug-likeness (QED) is 0.465. The van der Waals surface area contributed by atoms with Crippen LogP contribution in [0.2, 0.25) is 0 Å². The molecule has 3 rings (SSSR count). The number of likely N-dealkylation sites (tertiary alicyclic amines) is 1. The third kappa shape index (κ3) is 8.32. The molecule has 1 saturated heterocycles. The summed E-state index contributed by atoms with van der Waals surface area (Å²) in [6, 6.07) is 6.78. The Morgan fingerprint density at radius 2 is 1.71 bits per heavy atom. The highest BCUT2D eigenvalue weighted by molar-refractivity contribution is 7.89. The number of hydrogen-bond donors (Lipinski definition) is 3. The third-order valence-corrected chi connectivity index (χ3v) is 7.75. The van der Waals surface area contributed by atoms with Crippen LogP contribution >= 0.6 is 0 Å². The molecule has 3 amide bonds. The molecule has 1 atom stereocenters. The van der Waals surface area contributed by atoms with Crippen molar-refractivity contribution in [2.45, 2.75) is 63.6 Å². The molecule has 0 saturated carbocycles. The van der Waals surface area contributed by atoms with Crippen molar-refractivity contribution in [3.8, 4) is 0 Å². The van der Waals surface area contributed by atoms with Crippen molar-refractivity contribution in [1.82, 2.24) is 19.9 Å². The van der Waals surface area contributed by atoms with Gasteiger partial charge >= 0.3 is 0 Å². The van der Waals surface area contributed by atoms with Gasteiger partial charge in [0.05, 0.1) is 11.9 Å². The van der Waals surface area contributed by atoms with E-state index in [4.69, 9.17) is 0 Å². The Morgan fingerprint density at radius 3 is 2.24 bits per heavy atom. The van der Waals surface area contributed by atoms with Crippen molar-refractivity contribution in [3.05, 3.63) is 54.0 Å². The minimum atomic E-state index is -3.84. The monoisotopic (exact) mass is 547 g/mol. The number of amides is 3. The molecule has 2 heterocycles. The number of pyridine rings is 1. The summed E-state index contributed by atoms with van der Waals surface area (Å²) in [5, 5.41) is 5.24. The lowest BCUT2D eigenvalue weighted by Gasteiger charge is -2.33. The molecular formula is C26H34FN5O5S. The van der Waals surface area contributed by atoms with E-state index in [0.29, 0.717) is 32.4 Å². The zero-order valence-electron chi connectivity index (χ0n) is 22.0. The summed E-state index contributed by atoms with van der Waals surface area (Å²) in [5.41, 5.74) is -0.223. The van der Waals surface area contributed by atoms with Crippen LogP contribution in [0.5, 0.6) is 0 Å². The Bertz CT molecular complexity index is 1250. The molecule has 1 aliphatic heterocycles. The number of sulfonamides is 1. The normalized spacial score (nSPS) is 15.6. The fraction of sp³-hybridized carbons (Fsp3) is 0.462. The first-order chi connectivity index (χ1) is 17.7. The summed E-state index contributed by atoms with van der Waals surface area (Å²) in [5.74, 6) is -1.43. The van der Waals surface area contributed by atoms with Gasteiger partial charge in [0.25, 0.3) is 15.9 Å². The molecule has 0 unspecified atom stereocenters. The van der Waals surface area contributed by atoms with Gasteiger partial charge in [-0.05, 0) is 82.3 Å². The molecule has 0 radical (unpaired) electrons. The van der Waals surface area contributed by atoms with Crippen LogP contribution in [0.1, 0.15) is 57.3 Å². The Morgan fingerprint density at radius 1 is 1.08 bits per heavy atom. The Kier molecular flexibility index (Phi) is 9.21. The van der Waals surface area contributed by atoms with E-state index in [-0.39, 0.29) is 28.1 Å². The minimum Gasteiger partial charge on any atom is -0.343 e. The number of piperidine rings is 1. The Balaban J connectivity index is 1.73. The predicted octanol–water partition coefficient (Wildman–Crippen LogP) is 2.68. The van der Waals surface area contributed by atoms with E-state index in [1.165, 1.54) is 37.4 Å². The van der Waals surface area contributed by atoms with E-state index < -0.39 is 39.2 Å². The molecule has 3 N–H and O–H groups in total. The summed E-state index contributed by atoms with van der Waals surface area (Å²) in [6.07, 6.45) is 2.94. The number of carbonyl (C=O) groups excluding carboxylic acids is 3. The van der Waals surface area contributed by atoms with Crippen molar-refractivity contribution in [2.24, 2.45) is 5.92 Å². The zero-order valence-corrected chi connectivity index (χ0v) is 22.8. The summed E-state index contributed by atoms with van der Waals surface area (Å²) < 4.78 is 40.8. The van der Waals surface area contributed by atoms with Crippen molar-refractivity contribution in [1.29, 1.82) is 0 Å². The second-order valence-corrected chi connectivity index (χ2v) is 12.1. The SMILES string of the molecule is CC(=O)N1CCC(C[C@H](NC(=O)c2ccc(F)cc2)C(=O)Nc2ccc(S(=O)(=O)NC(C)(C)C)nc2)CC1. The molecule has 0 spiro atoms. The maximum Gasteiger partial charge on any atom is 0.258 e. The molecule has 2 aromatic rings. The number of anilines is 1. The fourth-order valence-corrected chi connectivity index (χ4v) is 5.54. The van der Waals surface area contributed by atoms with Crippen molar-refractivity contribution in [3.63, 3.8) is 0 Å². The average Bonchev–Trinajstić information content (AvgIpc) is 2.83. The van der Waals surface area contributed by atoms with E-state index in [1.807, 2.05) is 0 Å². The van der Waals surface area contributed by atoms with Crippen molar-refractivity contribution >= 4 is 33.4 Å². The van der Waals surface area contributed by atoms with Gasteiger partial charge in [-0.1, -0.05) is 0 Å². The number of hydrogen-bond acceptors (Lipinski definition) is 6. The standard InChI is InChI=1S/C26H34FN5O5S/c1-17(33)32-13-11-18(12-14-32)15-22(30-24(34)19-5-7-20(27)8-6-19)25(35)29-21-9-10-23(28-16-21)38(36,37)31-26(2,3)4/h5-10,16,18,22,31H,11-15H2,1-4H3,(H,29,35)(H,30,34)/t22-/m0/s1. The number of rotatable bonds is 8. The van der Waals surface area contributed by atoms with Gasteiger partial charge in [-0.2, -0.15) is 0 Å². The summed E-state index contributed by atoms with van der Waals surface area (Å²) >= 11 is 0. The molecular weight excluding hydrogens is 513 g/mol. The first-order valence-electron chi connectivity index (χ1n) is 12.4. The van der Waals surface area contributed by atoms with Crippen molar-refractivity contribution in [2.75, 3.05) is 18.4 Å². The summed E-state index contributed by atoms with van der Waals surface area (Å²) in [7, 11) is -3.84. The highest BCUT2D eigenvalue weighted by Gasteiger charge is 2.29. The maximum absolute atomic E-state index is 13.3. The van der Waals surface area contributed by atoms with Crippen LogP contribution in [0.15, 0.2) is 47.6 Å². The van der Waals surface area contributed by atoms with Gasteiger partial charge in [-0.25, -0.2) is 22.5 Å². The van der Waals surface area contributed by atoms with Crippen LogP contribution in [0, 0.1) is 11.7 Å². The van der Waals surface area contributed by atoms with Gasteiger partial charge in [0.15, 0.2) is 5.03 Å². The average molecular weight is 548 g/mol. The van der Waals surface area contributed by atoms with E-state index in [2.05, 4.69) is 20.3 Å². The van der Waals surface area contributed by atoms with Gasteiger partial charge in [0, 0.05) is 31.1 Å². The van der Waals surface area contributed by atoms with Crippen LogP contribution in [0.25, 0.3) is 0 Å². The third-order valence-electron chi connectivity index (χ3n) is 6.08. The second kappa shape index (κ2) is 12.0. The van der Waals surface area contributed by atoms with E-state index in [0.717, 1.165) is 12.1 Å². The Hall–Kier alpha value is -3.38. The lowest BCUT2D eigenvalue weighted by molar-refractivity contribution is -0.130. The number of aromatic nitrogens is 1. The number of carbonyl (C=O) groups is 3. The highest BCUT2D eigenvalue weighted by atomic mass is 32.2. The van der Waals surface area contributed by atoms with E-state index in [9.17, 15) is 27.2 Å². The first-order valence-corrected chi connectivity index (χ1v) is 13.8. The summed E-state index contributed by atoms with van der Waals surface area (Å²) in [4.78, 5) is 43.4. The molecule has 12 heteroatoms. The molecule has 1 fully saturated rings. The Labute approximate surface area is 222 Å². The smallest absolute Gasteiger partial charge is 0.258 e. The lowest BCUT2D eigenvalue weighted by Crippen LogP contribution is -2.46. The first kappa shape index (κ1) is 29.2. The second-order valence-electron chi connectivity index (χ2n) is 10.4. The van der Waals surface area contributed by atoms with Crippen LogP contribution < -0.4 is 15.4 Å². The molecule has 1 aromatic heterocycles. The van der Waals surface area contributed by atoms with Gasteiger partial charge in [-0.15, -0.1) is 0 Å². The maximum atomic E-state index is 13.3. The predicted molar refractivity (Wildman–Crippen MR) is 140 cm³/mol. The van der Waals surface area contributed by atoms with E-state index in [1.54, 1.807) is 25.7 Å². The fourth-order valence-electron chi connectivity index (χ4n) is 4.19. The van der Waals surface area contributed by atoms with Gasteiger partial charge < -0.3 is 15.5 Å². The van der Waals surface area contributed by atoms with Crippen molar-refractivity contribution < 1.29 is 27.2 Å². The highest BCUT2D eigenvalue weighted by Crippen LogP contribution is 2.23. The molecule has 10 nitrogen and oxygen atoms in total. The number of halogens is 1. The number of nitrogens with zero attached hydrogens (tertiary/aromatic N) is 2. The summed E-state index contributed by atoms with van der Waals surface area (Å²) in [6.45, 7) is 7.80. The number of benzene rings is 1. The van der Waals surface area contributed by atoms with Crippen LogP contribution in [-0.2, 0) is 19.6 Å². The van der Waals surface area contributed by atoms with Crippen LogP contribution in [0.4, 0.5) is 10.1 Å². The zero-order chi connectivity index (χ0) is 28.1. The van der Waals surface area contributed by atoms with Gasteiger partial charge in [0.2, 0.25) is 11.8 Å². The van der Waals surface area contributed by atoms with Gasteiger partial charge in [-0.3, -0.25) is 14.4 Å². The van der Waals surface area contributed by atoms with Gasteiger partial charge in [0.1, 0.15) is 11.9 Å². The molecule has 0 bridgehead atoms. The number of nitrogens with one attached hydrogen (secondary N) is 3. The van der Waals surface area contributed by atoms with Crippen LogP contribution in [-0.4, -0.2) is 60.7 Å². The van der Waals surface area contributed by atoms with E-state index >= 15 is 0 Å². The molecule has 0 aliphatic carbocycles. The van der Waals surface area contributed by atoms with Crippen LogP contribution in [0.3, 0.4) is 0 Å².